The first kappa shape index (κ1) is 12.2. The zero-order chi connectivity index (χ0) is 12.5. The molecule has 1 aromatic rings. The van der Waals surface area contributed by atoms with E-state index in [4.69, 9.17) is 0 Å². The molecule has 0 fully saturated rings. The highest BCUT2D eigenvalue weighted by molar-refractivity contribution is 5.39. The lowest BCUT2D eigenvalue weighted by Crippen LogP contribution is -2.21. The molecule has 0 amide bonds. The molecule has 1 aliphatic rings. The number of allylic oxidation sites excluding steroid dienone is 4. The largest absolute Gasteiger partial charge is 0.0730 e. The van der Waals surface area contributed by atoms with Crippen molar-refractivity contribution in [1.82, 2.24) is 0 Å². The second kappa shape index (κ2) is 4.52. The maximum atomic E-state index is 2.33. The summed E-state index contributed by atoms with van der Waals surface area (Å²) < 4.78 is 0. The first-order valence-corrected chi connectivity index (χ1v) is 6.44. The van der Waals surface area contributed by atoms with Gasteiger partial charge in [0.2, 0.25) is 0 Å². The summed E-state index contributed by atoms with van der Waals surface area (Å²) in [6.07, 6.45) is 7.00. The molecular weight excluding hydrogens is 204 g/mol. The summed E-state index contributed by atoms with van der Waals surface area (Å²) in [5.74, 6) is 0. The summed E-state index contributed by atoms with van der Waals surface area (Å²) in [6.45, 7) is 9.02. The number of benzene rings is 1. The zero-order valence-corrected chi connectivity index (χ0v) is 11.4. The molecule has 1 aromatic carbocycles. The fourth-order valence-electron chi connectivity index (χ4n) is 2.42. The van der Waals surface area contributed by atoms with Gasteiger partial charge in [0.05, 0.1) is 0 Å². The minimum Gasteiger partial charge on any atom is -0.0730 e. The number of rotatable bonds is 2. The fourth-order valence-corrected chi connectivity index (χ4v) is 2.42. The molecule has 1 aliphatic carbocycles. The van der Waals surface area contributed by atoms with Gasteiger partial charge in [-0.1, -0.05) is 67.0 Å². The van der Waals surface area contributed by atoms with E-state index < -0.39 is 0 Å². The van der Waals surface area contributed by atoms with Crippen molar-refractivity contribution >= 4 is 0 Å². The average molecular weight is 226 g/mol. The van der Waals surface area contributed by atoms with Crippen LogP contribution in [0.5, 0.6) is 0 Å². The predicted octanol–water partition coefficient (Wildman–Crippen LogP) is 4.94. The van der Waals surface area contributed by atoms with Gasteiger partial charge in [0.25, 0.3) is 0 Å². The SMILES string of the molecule is CC1=CC=C(C(C)(C)c2ccc(C)cc2)CC1. The lowest BCUT2D eigenvalue weighted by molar-refractivity contribution is 0.586. The standard InChI is InChI=1S/C17H22/c1-13-5-9-15(10-6-13)17(3,4)16-11-7-14(2)8-12-16/h5-7,9-11H,8,12H2,1-4H3. The Bertz CT molecular complexity index is 455. The van der Waals surface area contributed by atoms with Crippen LogP contribution in [0.4, 0.5) is 0 Å². The molecule has 90 valence electrons. The number of aryl methyl sites for hydroxylation is 1. The number of hydrogen-bond acceptors (Lipinski definition) is 0. The first-order chi connectivity index (χ1) is 8.00. The highest BCUT2D eigenvalue weighted by atomic mass is 14.3. The van der Waals surface area contributed by atoms with E-state index in [2.05, 4.69) is 64.1 Å². The summed E-state index contributed by atoms with van der Waals surface area (Å²) in [5.41, 5.74) is 5.95. The highest BCUT2D eigenvalue weighted by Gasteiger charge is 2.25. The molecule has 0 aliphatic heterocycles. The molecule has 0 heterocycles. The minimum absolute atomic E-state index is 0.158. The van der Waals surface area contributed by atoms with Crippen molar-refractivity contribution in [1.29, 1.82) is 0 Å². The third kappa shape index (κ3) is 2.52. The van der Waals surface area contributed by atoms with Crippen LogP contribution in [0.2, 0.25) is 0 Å². The number of hydrogen-bond donors (Lipinski definition) is 0. The van der Waals surface area contributed by atoms with E-state index in [0.29, 0.717) is 0 Å². The zero-order valence-electron chi connectivity index (χ0n) is 11.4. The Labute approximate surface area is 105 Å². The first-order valence-electron chi connectivity index (χ1n) is 6.44. The van der Waals surface area contributed by atoms with E-state index in [1.807, 2.05) is 0 Å². The van der Waals surface area contributed by atoms with E-state index >= 15 is 0 Å². The van der Waals surface area contributed by atoms with Crippen LogP contribution < -0.4 is 0 Å². The van der Waals surface area contributed by atoms with Crippen molar-refractivity contribution in [3.05, 3.63) is 58.7 Å². The van der Waals surface area contributed by atoms with Gasteiger partial charge in [-0.05, 0) is 32.3 Å². The van der Waals surface area contributed by atoms with E-state index in [-0.39, 0.29) is 5.41 Å². The van der Waals surface area contributed by atoms with Crippen LogP contribution in [0, 0.1) is 6.92 Å². The van der Waals surface area contributed by atoms with Crippen LogP contribution >= 0.6 is 0 Å². The molecule has 0 saturated carbocycles. The molecule has 17 heavy (non-hydrogen) atoms. The molecule has 0 nitrogen and oxygen atoms in total. The Morgan fingerprint density at radius 2 is 1.53 bits per heavy atom. The molecule has 0 unspecified atom stereocenters. The molecule has 0 N–H and O–H groups in total. The third-order valence-corrected chi connectivity index (χ3v) is 3.93. The van der Waals surface area contributed by atoms with Gasteiger partial charge in [-0.3, -0.25) is 0 Å². The van der Waals surface area contributed by atoms with Crippen molar-refractivity contribution in [2.24, 2.45) is 0 Å². The second-order valence-corrected chi connectivity index (χ2v) is 5.70. The van der Waals surface area contributed by atoms with Gasteiger partial charge >= 0.3 is 0 Å². The molecule has 0 atom stereocenters. The van der Waals surface area contributed by atoms with Gasteiger partial charge in [-0.2, -0.15) is 0 Å². The quantitative estimate of drug-likeness (QED) is 0.670. The summed E-state index contributed by atoms with van der Waals surface area (Å²) in [5, 5.41) is 0. The monoisotopic (exact) mass is 226 g/mol. The van der Waals surface area contributed by atoms with Crippen molar-refractivity contribution in [3.8, 4) is 0 Å². The van der Waals surface area contributed by atoms with Gasteiger partial charge < -0.3 is 0 Å². The van der Waals surface area contributed by atoms with E-state index in [1.165, 1.54) is 29.5 Å². The Morgan fingerprint density at radius 1 is 0.882 bits per heavy atom. The van der Waals surface area contributed by atoms with Gasteiger partial charge in [0, 0.05) is 5.41 Å². The van der Waals surface area contributed by atoms with Gasteiger partial charge in [-0.25, -0.2) is 0 Å². The molecule has 0 heteroatoms. The molecule has 0 radical (unpaired) electrons. The molecule has 2 rings (SSSR count). The van der Waals surface area contributed by atoms with Crippen molar-refractivity contribution in [2.45, 2.75) is 46.0 Å². The Kier molecular flexibility index (Phi) is 3.24. The molecular formula is C17H22. The predicted molar refractivity (Wildman–Crippen MR) is 75.3 cm³/mol. The van der Waals surface area contributed by atoms with Gasteiger partial charge in [0.15, 0.2) is 0 Å². The van der Waals surface area contributed by atoms with Crippen LogP contribution in [0.25, 0.3) is 0 Å². The average Bonchev–Trinajstić information content (AvgIpc) is 2.30. The van der Waals surface area contributed by atoms with Crippen LogP contribution in [0.15, 0.2) is 47.6 Å². The van der Waals surface area contributed by atoms with Crippen molar-refractivity contribution in [2.75, 3.05) is 0 Å². The molecule has 0 saturated heterocycles. The summed E-state index contributed by atoms with van der Waals surface area (Å²) in [4.78, 5) is 0. The van der Waals surface area contributed by atoms with Crippen molar-refractivity contribution in [3.63, 3.8) is 0 Å². The van der Waals surface area contributed by atoms with Crippen LogP contribution in [0.1, 0.15) is 44.7 Å². The lowest BCUT2D eigenvalue weighted by Gasteiger charge is -2.30. The molecule has 0 spiro atoms. The normalized spacial score (nSPS) is 16.5. The Morgan fingerprint density at radius 3 is 2.06 bits per heavy atom. The molecule has 0 aromatic heterocycles. The summed E-state index contributed by atoms with van der Waals surface area (Å²) in [6, 6.07) is 8.95. The molecule has 0 bridgehead atoms. The third-order valence-electron chi connectivity index (χ3n) is 3.93. The van der Waals surface area contributed by atoms with Crippen molar-refractivity contribution < 1.29 is 0 Å². The van der Waals surface area contributed by atoms with E-state index in [9.17, 15) is 0 Å². The lowest BCUT2D eigenvalue weighted by atomic mass is 9.74. The highest BCUT2D eigenvalue weighted by Crippen LogP contribution is 2.36. The van der Waals surface area contributed by atoms with Gasteiger partial charge in [-0.15, -0.1) is 0 Å². The van der Waals surface area contributed by atoms with Crippen LogP contribution in [-0.2, 0) is 5.41 Å². The van der Waals surface area contributed by atoms with Gasteiger partial charge in [0.1, 0.15) is 0 Å². The van der Waals surface area contributed by atoms with Crippen LogP contribution in [0.3, 0.4) is 0 Å². The second-order valence-electron chi connectivity index (χ2n) is 5.70. The maximum absolute atomic E-state index is 2.33. The fraction of sp³-hybridized carbons (Fsp3) is 0.412. The topological polar surface area (TPSA) is 0 Å². The van der Waals surface area contributed by atoms with E-state index in [0.717, 1.165) is 0 Å². The van der Waals surface area contributed by atoms with E-state index in [1.54, 1.807) is 5.57 Å². The maximum Gasteiger partial charge on any atom is 0.0108 e. The van der Waals surface area contributed by atoms with Crippen LogP contribution in [-0.4, -0.2) is 0 Å². The minimum atomic E-state index is 0.158. The summed E-state index contributed by atoms with van der Waals surface area (Å²) >= 11 is 0. The Balaban J connectivity index is 2.33. The smallest absolute Gasteiger partial charge is 0.0108 e. The Hall–Kier alpha value is -1.30. The summed E-state index contributed by atoms with van der Waals surface area (Å²) in [7, 11) is 0.